The van der Waals surface area contributed by atoms with E-state index >= 15 is 0 Å². The van der Waals surface area contributed by atoms with Gasteiger partial charge in [0.2, 0.25) is 0 Å². The Hall–Kier alpha value is -4.65. The fraction of sp³-hybridized carbons (Fsp3) is 0. The third-order valence-electron chi connectivity index (χ3n) is 9.14. The number of hydrogen-bond donors (Lipinski definition) is 0. The number of aromatic nitrogens is 2. The molecule has 0 bridgehead atoms. The molecular weight excluding hydrogens is 667 g/mol. The van der Waals surface area contributed by atoms with Crippen LogP contribution in [0.2, 0.25) is 0 Å². The molecule has 0 aliphatic rings. The van der Waals surface area contributed by atoms with E-state index in [-0.39, 0.29) is 0 Å². The lowest BCUT2D eigenvalue weighted by Crippen LogP contribution is -1.96. The first-order valence-corrected chi connectivity index (χ1v) is 16.7. The average molecular weight is 691 g/mol. The highest BCUT2D eigenvalue weighted by molar-refractivity contribution is 14.1. The molecule has 0 radical (unpaired) electrons. The molecular formula is C40H23IN2S. The highest BCUT2D eigenvalue weighted by atomic mass is 127. The minimum atomic E-state index is 1.18. The number of halogens is 1. The summed E-state index contributed by atoms with van der Waals surface area (Å²) in [5.41, 5.74) is 7.36. The molecule has 0 saturated heterocycles. The maximum absolute atomic E-state index is 2.51. The summed E-state index contributed by atoms with van der Waals surface area (Å²) in [5, 5.41) is 10.4. The van der Waals surface area contributed by atoms with Gasteiger partial charge in [-0.2, -0.15) is 0 Å². The van der Waals surface area contributed by atoms with E-state index in [9.17, 15) is 0 Å². The van der Waals surface area contributed by atoms with Crippen LogP contribution in [0.5, 0.6) is 0 Å². The summed E-state index contributed by atoms with van der Waals surface area (Å²) in [6, 6.07) is 51.5. The highest BCUT2D eigenvalue weighted by Crippen LogP contribution is 2.47. The van der Waals surface area contributed by atoms with E-state index in [1.807, 2.05) is 11.3 Å². The molecule has 10 rings (SSSR count). The van der Waals surface area contributed by atoms with E-state index in [2.05, 4.69) is 171 Å². The molecule has 0 aliphatic carbocycles. The van der Waals surface area contributed by atoms with Crippen LogP contribution in [0.3, 0.4) is 0 Å². The fourth-order valence-corrected chi connectivity index (χ4v) is 8.87. The second-order valence-electron chi connectivity index (χ2n) is 11.5. The van der Waals surface area contributed by atoms with Gasteiger partial charge in [-0.1, -0.05) is 84.9 Å². The summed E-state index contributed by atoms with van der Waals surface area (Å²) in [4.78, 5) is 0. The Morgan fingerprint density at radius 3 is 1.52 bits per heavy atom. The van der Waals surface area contributed by atoms with E-state index in [1.54, 1.807) is 0 Å². The number of benzene rings is 7. The van der Waals surface area contributed by atoms with Crippen LogP contribution in [0.25, 0.3) is 85.9 Å². The van der Waals surface area contributed by atoms with Gasteiger partial charge in [0.05, 0.1) is 22.1 Å². The number of thiophene rings is 1. The molecule has 206 valence electrons. The quantitative estimate of drug-likeness (QED) is 0.160. The van der Waals surface area contributed by atoms with Gasteiger partial charge in [0.1, 0.15) is 0 Å². The minimum absolute atomic E-state index is 1.18. The Labute approximate surface area is 270 Å². The summed E-state index contributed by atoms with van der Waals surface area (Å²) in [7, 11) is 0. The van der Waals surface area contributed by atoms with Gasteiger partial charge in [-0.15, -0.1) is 11.3 Å². The molecule has 0 atom stereocenters. The van der Waals surface area contributed by atoms with Crippen molar-refractivity contribution in [2.75, 3.05) is 0 Å². The van der Waals surface area contributed by atoms with Gasteiger partial charge in [-0.05, 0) is 77.2 Å². The fourth-order valence-electron chi connectivity index (χ4n) is 7.37. The van der Waals surface area contributed by atoms with E-state index in [0.717, 1.165) is 0 Å². The second-order valence-corrected chi connectivity index (χ2v) is 13.8. The van der Waals surface area contributed by atoms with Crippen LogP contribution >= 0.6 is 33.9 Å². The Kier molecular flexibility index (Phi) is 5.16. The molecule has 2 nitrogen and oxygen atoms in total. The zero-order chi connectivity index (χ0) is 28.9. The Morgan fingerprint density at radius 2 is 0.886 bits per heavy atom. The lowest BCUT2D eigenvalue weighted by Gasteiger charge is -2.13. The van der Waals surface area contributed by atoms with Gasteiger partial charge >= 0.3 is 0 Å². The van der Waals surface area contributed by atoms with E-state index < -0.39 is 0 Å². The second kappa shape index (κ2) is 9.18. The van der Waals surface area contributed by atoms with Crippen LogP contribution in [0.1, 0.15) is 0 Å². The Balaban J connectivity index is 1.44. The van der Waals surface area contributed by atoms with Crippen LogP contribution in [0, 0.1) is 3.57 Å². The van der Waals surface area contributed by atoms with Gasteiger partial charge in [0.15, 0.2) is 0 Å². The Morgan fingerprint density at radius 1 is 0.409 bits per heavy atom. The van der Waals surface area contributed by atoms with Gasteiger partial charge in [0, 0.05) is 67.4 Å². The molecule has 44 heavy (non-hydrogen) atoms. The predicted molar refractivity (Wildman–Crippen MR) is 198 cm³/mol. The maximum atomic E-state index is 2.51. The zero-order valence-corrected chi connectivity index (χ0v) is 26.4. The molecule has 3 heterocycles. The molecule has 0 N–H and O–H groups in total. The number of rotatable bonds is 2. The topological polar surface area (TPSA) is 9.86 Å². The smallest absolute Gasteiger partial charge is 0.0627 e. The average Bonchev–Trinajstić information content (AvgIpc) is 3.73. The van der Waals surface area contributed by atoms with E-state index in [4.69, 9.17) is 0 Å². The van der Waals surface area contributed by atoms with Crippen LogP contribution in [0.15, 0.2) is 140 Å². The number of para-hydroxylation sites is 2. The summed E-state index contributed by atoms with van der Waals surface area (Å²) in [6.07, 6.45) is 0. The van der Waals surface area contributed by atoms with Crippen molar-refractivity contribution in [2.24, 2.45) is 0 Å². The summed E-state index contributed by atoms with van der Waals surface area (Å²) in [5.74, 6) is 0. The molecule has 0 saturated carbocycles. The first kappa shape index (κ1) is 24.8. The van der Waals surface area contributed by atoms with Crippen molar-refractivity contribution in [1.82, 2.24) is 9.13 Å². The normalized spacial score (nSPS) is 12.2. The van der Waals surface area contributed by atoms with Gasteiger partial charge in [-0.25, -0.2) is 0 Å². The minimum Gasteiger partial charge on any atom is -0.309 e. The maximum Gasteiger partial charge on any atom is 0.0627 e. The monoisotopic (exact) mass is 690 g/mol. The predicted octanol–water partition coefficient (Wildman–Crippen LogP) is 12.0. The van der Waals surface area contributed by atoms with Crippen molar-refractivity contribution in [3.8, 4) is 11.4 Å². The van der Waals surface area contributed by atoms with Crippen molar-refractivity contribution < 1.29 is 0 Å². The third kappa shape index (κ3) is 3.30. The molecule has 0 spiro atoms. The van der Waals surface area contributed by atoms with Gasteiger partial charge < -0.3 is 9.13 Å². The molecule has 7 aromatic carbocycles. The molecule has 0 amide bonds. The lowest BCUT2D eigenvalue weighted by molar-refractivity contribution is 1.18. The summed E-state index contributed by atoms with van der Waals surface area (Å²) < 4.78 is 8.86. The van der Waals surface area contributed by atoms with Crippen molar-refractivity contribution in [3.05, 3.63) is 143 Å². The third-order valence-corrected chi connectivity index (χ3v) is 11.0. The van der Waals surface area contributed by atoms with Crippen molar-refractivity contribution in [2.45, 2.75) is 0 Å². The van der Waals surface area contributed by atoms with Gasteiger partial charge in [-0.3, -0.25) is 0 Å². The molecule has 10 aromatic rings. The van der Waals surface area contributed by atoms with E-state index in [1.165, 1.54) is 89.5 Å². The standard InChI is InChI=1S/C40H23IN2S/c41-24-17-19-25(20-18-24)42-33-14-6-3-12-31(33)37-38-32-13-4-7-15-34(32)43(40(38)30-11-2-1-10-29(30)39(37)42)26-21-22-28-27-9-5-8-16-35(27)44-36(28)23-26/h1-23H. The first-order chi connectivity index (χ1) is 21.8. The number of fused-ring (bicyclic) bond motifs is 13. The van der Waals surface area contributed by atoms with Crippen LogP contribution < -0.4 is 0 Å². The molecule has 4 heteroatoms. The number of hydrogen-bond acceptors (Lipinski definition) is 1. The summed E-state index contributed by atoms with van der Waals surface area (Å²) in [6.45, 7) is 0. The van der Waals surface area contributed by atoms with Gasteiger partial charge in [0.25, 0.3) is 0 Å². The first-order valence-electron chi connectivity index (χ1n) is 14.8. The largest absolute Gasteiger partial charge is 0.309 e. The summed E-state index contributed by atoms with van der Waals surface area (Å²) >= 11 is 4.27. The number of nitrogens with zero attached hydrogens (tertiary/aromatic N) is 2. The molecule has 0 aliphatic heterocycles. The SMILES string of the molecule is Ic1ccc(-n2c3ccccc3c3c4c5ccccc5n(-c5ccc6c(c5)sc5ccccc56)c4c4ccccc4c32)cc1. The van der Waals surface area contributed by atoms with Crippen molar-refractivity contribution in [1.29, 1.82) is 0 Å². The zero-order valence-electron chi connectivity index (χ0n) is 23.5. The van der Waals surface area contributed by atoms with Crippen LogP contribution in [0.4, 0.5) is 0 Å². The molecule has 0 fully saturated rings. The van der Waals surface area contributed by atoms with Crippen molar-refractivity contribution in [3.63, 3.8) is 0 Å². The van der Waals surface area contributed by atoms with Crippen LogP contribution in [-0.4, -0.2) is 9.13 Å². The lowest BCUT2D eigenvalue weighted by atomic mass is 9.99. The molecule has 0 unspecified atom stereocenters. The van der Waals surface area contributed by atoms with Crippen LogP contribution in [-0.2, 0) is 0 Å². The molecule has 3 aromatic heterocycles. The Bertz CT molecular complexity index is 2780. The highest BCUT2D eigenvalue weighted by Gasteiger charge is 2.24. The van der Waals surface area contributed by atoms with E-state index in [0.29, 0.717) is 0 Å². The van der Waals surface area contributed by atoms with Crippen molar-refractivity contribution >= 4 is 108 Å².